The molecule has 1 heterocycles. The molecule has 0 spiro atoms. The van der Waals surface area contributed by atoms with E-state index >= 15 is 0 Å². The molecule has 0 radical (unpaired) electrons. The van der Waals surface area contributed by atoms with Crippen molar-refractivity contribution in [2.45, 2.75) is 25.9 Å². The average molecular weight is 227 g/mol. The minimum atomic E-state index is -0.942. The Labute approximate surface area is 102 Å². The van der Waals surface area contributed by atoms with E-state index in [4.69, 9.17) is 0 Å². The minimum Gasteiger partial charge on any atom is -0.380 e. The van der Waals surface area contributed by atoms with Gasteiger partial charge in [-0.25, -0.2) is 0 Å². The number of aliphatic hydroxyl groups is 1. The van der Waals surface area contributed by atoms with Gasteiger partial charge < -0.3 is 5.11 Å². The van der Waals surface area contributed by atoms with Crippen molar-refractivity contribution >= 4 is 0 Å². The van der Waals surface area contributed by atoms with E-state index in [-0.39, 0.29) is 0 Å². The van der Waals surface area contributed by atoms with Gasteiger partial charge in [0.1, 0.15) is 5.60 Å². The molecule has 1 aromatic carbocycles. The molecule has 2 aromatic rings. The summed E-state index contributed by atoms with van der Waals surface area (Å²) in [5.41, 5.74) is 1.77. The summed E-state index contributed by atoms with van der Waals surface area (Å²) in [6.07, 6.45) is 2.38. The number of rotatable bonds is 3. The molecule has 2 heteroatoms. The highest BCUT2D eigenvalue weighted by Gasteiger charge is 2.29. The Hall–Kier alpha value is -1.67. The second-order valence-corrected chi connectivity index (χ2v) is 4.27. The second kappa shape index (κ2) is 4.68. The van der Waals surface area contributed by atoms with E-state index in [2.05, 4.69) is 4.98 Å². The minimum absolute atomic E-state index is 0.627. The van der Waals surface area contributed by atoms with Crippen LogP contribution in [0.4, 0.5) is 0 Å². The first-order chi connectivity index (χ1) is 8.16. The number of benzene rings is 1. The fourth-order valence-corrected chi connectivity index (χ4v) is 2.00. The zero-order valence-electron chi connectivity index (χ0n) is 10.2. The molecule has 0 fully saturated rings. The highest BCUT2D eigenvalue weighted by Crippen LogP contribution is 2.32. The first kappa shape index (κ1) is 11.8. The summed E-state index contributed by atoms with van der Waals surface area (Å²) >= 11 is 0. The van der Waals surface area contributed by atoms with Gasteiger partial charge in [0.25, 0.3) is 0 Å². The lowest BCUT2D eigenvalue weighted by atomic mass is 9.85. The number of pyridine rings is 1. The summed E-state index contributed by atoms with van der Waals surface area (Å²) in [5, 5.41) is 10.8. The monoisotopic (exact) mass is 227 g/mol. The van der Waals surface area contributed by atoms with Crippen molar-refractivity contribution in [2.75, 3.05) is 0 Å². The predicted octanol–water partition coefficient (Wildman–Crippen LogP) is 3.04. The van der Waals surface area contributed by atoms with Crippen molar-refractivity contribution in [3.05, 3.63) is 65.5 Å². The number of aryl methyl sites for hydroxylation is 1. The lowest BCUT2D eigenvalue weighted by molar-refractivity contribution is 0.0761. The zero-order chi connectivity index (χ0) is 12.3. The van der Waals surface area contributed by atoms with Crippen LogP contribution in [0, 0.1) is 6.92 Å². The van der Waals surface area contributed by atoms with Crippen LogP contribution in [0.15, 0.2) is 48.7 Å². The average Bonchev–Trinajstić information content (AvgIpc) is 2.40. The van der Waals surface area contributed by atoms with Gasteiger partial charge in [-0.1, -0.05) is 43.3 Å². The smallest absolute Gasteiger partial charge is 0.116 e. The molecular formula is C15H17NO. The van der Waals surface area contributed by atoms with Gasteiger partial charge in [0.15, 0.2) is 0 Å². The molecule has 1 unspecified atom stereocenters. The lowest BCUT2D eigenvalue weighted by Crippen LogP contribution is -2.26. The maximum atomic E-state index is 10.8. The van der Waals surface area contributed by atoms with Crippen molar-refractivity contribution in [3.63, 3.8) is 0 Å². The highest BCUT2D eigenvalue weighted by atomic mass is 16.3. The van der Waals surface area contributed by atoms with E-state index in [9.17, 15) is 5.11 Å². The molecule has 1 N–H and O–H groups in total. The third kappa shape index (κ3) is 2.22. The van der Waals surface area contributed by atoms with Gasteiger partial charge >= 0.3 is 0 Å². The first-order valence-corrected chi connectivity index (χ1v) is 5.88. The Kier molecular flexibility index (Phi) is 3.25. The Bertz CT molecular complexity index is 478. The third-order valence-corrected chi connectivity index (χ3v) is 3.15. The molecule has 1 atom stereocenters. The highest BCUT2D eigenvalue weighted by molar-refractivity contribution is 5.34. The molecule has 0 saturated carbocycles. The van der Waals surface area contributed by atoms with Crippen LogP contribution in [-0.2, 0) is 5.60 Å². The predicted molar refractivity (Wildman–Crippen MR) is 68.7 cm³/mol. The van der Waals surface area contributed by atoms with E-state index in [0.717, 1.165) is 16.8 Å². The van der Waals surface area contributed by atoms with Gasteiger partial charge in [-0.3, -0.25) is 4.98 Å². The standard InChI is InChI=1S/C15H17NO/c1-3-15(17,13-7-5-4-6-8-13)14-10-9-12(2)16-11-14/h4-11,17H,3H2,1-2H3. The van der Waals surface area contributed by atoms with Gasteiger partial charge in [-0.2, -0.15) is 0 Å². The van der Waals surface area contributed by atoms with Crippen LogP contribution in [0.1, 0.15) is 30.2 Å². The first-order valence-electron chi connectivity index (χ1n) is 5.88. The van der Waals surface area contributed by atoms with E-state index in [1.165, 1.54) is 0 Å². The van der Waals surface area contributed by atoms with Crippen LogP contribution in [0.3, 0.4) is 0 Å². The topological polar surface area (TPSA) is 33.1 Å². The van der Waals surface area contributed by atoms with Crippen LogP contribution in [0.5, 0.6) is 0 Å². The number of nitrogens with zero attached hydrogens (tertiary/aromatic N) is 1. The maximum absolute atomic E-state index is 10.8. The summed E-state index contributed by atoms with van der Waals surface area (Å²) in [5.74, 6) is 0. The fourth-order valence-electron chi connectivity index (χ4n) is 2.00. The summed E-state index contributed by atoms with van der Waals surface area (Å²) in [7, 11) is 0. The van der Waals surface area contributed by atoms with Crippen LogP contribution < -0.4 is 0 Å². The van der Waals surface area contributed by atoms with E-state index < -0.39 is 5.60 Å². The molecule has 0 amide bonds. The Morgan fingerprint density at radius 3 is 2.29 bits per heavy atom. The number of hydrogen-bond acceptors (Lipinski definition) is 2. The largest absolute Gasteiger partial charge is 0.380 e. The summed E-state index contributed by atoms with van der Waals surface area (Å²) in [6.45, 7) is 3.92. The summed E-state index contributed by atoms with van der Waals surface area (Å²) in [6, 6.07) is 13.6. The van der Waals surface area contributed by atoms with Crippen molar-refractivity contribution in [2.24, 2.45) is 0 Å². The van der Waals surface area contributed by atoms with Crippen molar-refractivity contribution < 1.29 is 5.11 Å². The molecule has 1 aromatic heterocycles. The normalized spacial score (nSPS) is 14.3. The zero-order valence-corrected chi connectivity index (χ0v) is 10.2. The van der Waals surface area contributed by atoms with Crippen LogP contribution >= 0.6 is 0 Å². The van der Waals surface area contributed by atoms with E-state index in [0.29, 0.717) is 6.42 Å². The fraction of sp³-hybridized carbons (Fsp3) is 0.267. The Balaban J connectivity index is 2.48. The summed E-state index contributed by atoms with van der Waals surface area (Å²) < 4.78 is 0. The third-order valence-electron chi connectivity index (χ3n) is 3.15. The maximum Gasteiger partial charge on any atom is 0.116 e. The van der Waals surface area contributed by atoms with Crippen molar-refractivity contribution in [1.29, 1.82) is 0 Å². The van der Waals surface area contributed by atoms with E-state index in [1.54, 1.807) is 6.20 Å². The van der Waals surface area contributed by atoms with Crippen molar-refractivity contribution in [1.82, 2.24) is 4.98 Å². The molecule has 0 bridgehead atoms. The molecule has 0 aliphatic carbocycles. The van der Waals surface area contributed by atoms with Crippen LogP contribution in [0.2, 0.25) is 0 Å². The molecular weight excluding hydrogens is 210 g/mol. The second-order valence-electron chi connectivity index (χ2n) is 4.27. The molecule has 0 saturated heterocycles. The van der Waals surface area contributed by atoms with E-state index in [1.807, 2.05) is 56.3 Å². The molecule has 2 nitrogen and oxygen atoms in total. The molecule has 0 aliphatic rings. The number of aromatic nitrogens is 1. The van der Waals surface area contributed by atoms with Gasteiger partial charge in [0.05, 0.1) is 0 Å². The molecule has 88 valence electrons. The quantitative estimate of drug-likeness (QED) is 0.874. The number of hydrogen-bond donors (Lipinski definition) is 1. The van der Waals surface area contributed by atoms with Crippen LogP contribution in [-0.4, -0.2) is 10.1 Å². The Morgan fingerprint density at radius 2 is 1.76 bits per heavy atom. The Morgan fingerprint density at radius 1 is 1.06 bits per heavy atom. The van der Waals surface area contributed by atoms with Crippen LogP contribution in [0.25, 0.3) is 0 Å². The van der Waals surface area contributed by atoms with Gasteiger partial charge in [0.2, 0.25) is 0 Å². The van der Waals surface area contributed by atoms with Crippen molar-refractivity contribution in [3.8, 4) is 0 Å². The molecule has 2 rings (SSSR count). The summed E-state index contributed by atoms with van der Waals surface area (Å²) in [4.78, 5) is 4.26. The van der Waals surface area contributed by atoms with Gasteiger partial charge in [0, 0.05) is 17.5 Å². The lowest BCUT2D eigenvalue weighted by Gasteiger charge is -2.27. The molecule has 0 aliphatic heterocycles. The molecule has 17 heavy (non-hydrogen) atoms. The van der Waals surface area contributed by atoms with Gasteiger partial charge in [-0.05, 0) is 25.0 Å². The SMILES string of the molecule is CCC(O)(c1ccccc1)c1ccc(C)nc1. The van der Waals surface area contributed by atoms with Gasteiger partial charge in [-0.15, -0.1) is 0 Å².